The molecule has 4 aliphatic carbocycles. The van der Waals surface area contributed by atoms with Crippen molar-refractivity contribution >= 4 is 29.2 Å². The summed E-state index contributed by atoms with van der Waals surface area (Å²) in [6, 6.07) is 3.23. The highest BCUT2D eigenvalue weighted by atomic mass is 35.5. The van der Waals surface area contributed by atoms with Gasteiger partial charge in [-0.3, -0.25) is 9.59 Å². The lowest BCUT2D eigenvalue weighted by Crippen LogP contribution is -2.40. The highest BCUT2D eigenvalue weighted by Gasteiger charge is 2.67. The minimum absolute atomic E-state index is 0.0931. The number of amides is 2. The van der Waals surface area contributed by atoms with Gasteiger partial charge >= 0.3 is 0 Å². The molecule has 0 aromatic carbocycles. The van der Waals surface area contributed by atoms with Crippen molar-refractivity contribution in [1.29, 1.82) is 0 Å². The number of allylic oxidation sites excluding steroid dienone is 2. The molecule has 1 aromatic heterocycles. The van der Waals surface area contributed by atoms with E-state index >= 15 is 0 Å². The molecule has 2 saturated carbocycles. The van der Waals surface area contributed by atoms with Gasteiger partial charge in [0.2, 0.25) is 11.8 Å². The van der Waals surface area contributed by atoms with Crippen LogP contribution in [0.1, 0.15) is 6.42 Å². The number of aromatic nitrogens is 1. The Morgan fingerprint density at radius 2 is 1.71 bits per heavy atom. The molecule has 1 aliphatic heterocycles. The summed E-state index contributed by atoms with van der Waals surface area (Å²) in [7, 11) is 0. The highest BCUT2D eigenvalue weighted by Crippen LogP contribution is 2.65. The van der Waals surface area contributed by atoms with E-state index in [0.29, 0.717) is 22.7 Å². The van der Waals surface area contributed by atoms with E-state index in [1.807, 2.05) is 0 Å². The highest BCUT2D eigenvalue weighted by molar-refractivity contribution is 6.31. The summed E-state index contributed by atoms with van der Waals surface area (Å²) in [5, 5.41) is 0.486. The van der Waals surface area contributed by atoms with Gasteiger partial charge in [0.25, 0.3) is 0 Å². The van der Waals surface area contributed by atoms with E-state index in [9.17, 15) is 9.59 Å². The van der Waals surface area contributed by atoms with Gasteiger partial charge in [-0.1, -0.05) is 23.8 Å². The first kappa shape index (κ1) is 11.9. The Labute approximate surface area is 126 Å². The molecule has 6 atom stereocenters. The molecule has 21 heavy (non-hydrogen) atoms. The van der Waals surface area contributed by atoms with E-state index in [1.54, 1.807) is 12.1 Å². The van der Waals surface area contributed by atoms with Crippen molar-refractivity contribution in [3.63, 3.8) is 0 Å². The summed E-state index contributed by atoms with van der Waals surface area (Å²) >= 11 is 5.97. The molecule has 106 valence electrons. The normalized spacial score (nSPS) is 42.2. The number of carbonyl (C=O) groups excluding carboxylic acids is 2. The molecule has 0 unspecified atom stereocenters. The average molecular weight is 301 g/mol. The number of halogens is 1. The van der Waals surface area contributed by atoms with Gasteiger partial charge in [-0.2, -0.15) is 0 Å². The molecule has 0 N–H and O–H groups in total. The lowest BCUT2D eigenvalue weighted by Gasteiger charge is -2.37. The van der Waals surface area contributed by atoms with Crippen molar-refractivity contribution in [2.75, 3.05) is 4.90 Å². The fourth-order valence-corrected chi connectivity index (χ4v) is 4.85. The number of anilines is 1. The topological polar surface area (TPSA) is 50.3 Å². The van der Waals surface area contributed by atoms with Crippen molar-refractivity contribution < 1.29 is 9.59 Å². The first-order valence-corrected chi connectivity index (χ1v) is 7.72. The smallest absolute Gasteiger partial charge is 0.239 e. The number of rotatable bonds is 1. The van der Waals surface area contributed by atoms with Gasteiger partial charge in [0, 0.05) is 17.3 Å². The van der Waals surface area contributed by atoms with Gasteiger partial charge in [0.1, 0.15) is 5.82 Å². The van der Waals surface area contributed by atoms with Crippen molar-refractivity contribution in [3.05, 3.63) is 35.5 Å². The Bertz CT molecular complexity index is 680. The van der Waals surface area contributed by atoms with Crippen LogP contribution in [0.4, 0.5) is 5.82 Å². The van der Waals surface area contributed by atoms with Gasteiger partial charge in [-0.05, 0) is 36.2 Å². The molecule has 2 amide bonds. The Morgan fingerprint density at radius 3 is 2.29 bits per heavy atom. The molecule has 5 aliphatic rings. The summed E-state index contributed by atoms with van der Waals surface area (Å²) < 4.78 is 0. The van der Waals surface area contributed by atoms with E-state index in [-0.39, 0.29) is 35.5 Å². The second-order valence-electron chi connectivity index (χ2n) is 6.50. The number of carbonyl (C=O) groups is 2. The molecule has 3 fully saturated rings. The Kier molecular flexibility index (Phi) is 2.12. The molecule has 0 radical (unpaired) electrons. The first-order chi connectivity index (χ1) is 10.2. The van der Waals surface area contributed by atoms with Crippen molar-refractivity contribution in [3.8, 4) is 0 Å². The fourth-order valence-electron chi connectivity index (χ4n) is 4.70. The van der Waals surface area contributed by atoms with Crippen LogP contribution in [0.3, 0.4) is 0 Å². The van der Waals surface area contributed by atoms with Gasteiger partial charge in [0.15, 0.2) is 0 Å². The molecule has 0 spiro atoms. The summed E-state index contributed by atoms with van der Waals surface area (Å²) in [5.74, 6) is 1.52. The Hall–Kier alpha value is -1.68. The van der Waals surface area contributed by atoms with Crippen molar-refractivity contribution in [2.24, 2.45) is 35.5 Å². The van der Waals surface area contributed by atoms with E-state index in [4.69, 9.17) is 11.6 Å². The predicted molar refractivity (Wildman–Crippen MR) is 76.4 cm³/mol. The van der Waals surface area contributed by atoms with Gasteiger partial charge in [-0.15, -0.1) is 0 Å². The minimum atomic E-state index is -0.183. The number of hydrogen-bond donors (Lipinski definition) is 0. The molecule has 4 nitrogen and oxygen atoms in total. The van der Waals surface area contributed by atoms with Crippen LogP contribution in [0.2, 0.25) is 5.02 Å². The maximum absolute atomic E-state index is 12.8. The number of nitrogens with zero attached hydrogens (tertiary/aromatic N) is 2. The monoisotopic (exact) mass is 300 g/mol. The number of hydrogen-bond acceptors (Lipinski definition) is 3. The summed E-state index contributed by atoms with van der Waals surface area (Å²) in [6.07, 6.45) is 7.04. The molecule has 1 aromatic rings. The third kappa shape index (κ3) is 1.39. The van der Waals surface area contributed by atoms with E-state index < -0.39 is 0 Å². The molecular formula is C16H13ClN2O2. The maximum atomic E-state index is 12.8. The number of imide groups is 1. The number of pyridine rings is 1. The Balaban J connectivity index is 1.60. The SMILES string of the molecule is O=C1[C@@H]2[C@H]3C=C[C@@H]([C@@H]4C[C@H]34)[C@@H]2C(=O)N1c1cc(Cl)ccn1. The van der Waals surface area contributed by atoms with Crippen LogP contribution in [0.5, 0.6) is 0 Å². The maximum Gasteiger partial charge on any atom is 0.239 e. The molecule has 2 bridgehead atoms. The van der Waals surface area contributed by atoms with Gasteiger partial charge in [-0.25, -0.2) is 9.88 Å². The first-order valence-electron chi connectivity index (χ1n) is 7.34. The van der Waals surface area contributed by atoms with Crippen molar-refractivity contribution in [1.82, 2.24) is 4.98 Å². The second kappa shape index (κ2) is 3.74. The fraction of sp³-hybridized carbons (Fsp3) is 0.438. The van der Waals surface area contributed by atoms with Crippen LogP contribution >= 0.6 is 11.6 Å². The van der Waals surface area contributed by atoms with E-state index in [2.05, 4.69) is 17.1 Å². The standard InChI is InChI=1S/C16H13ClN2O2/c17-7-3-4-18-12(5-7)19-15(20)13-8-1-2-9(11-6-10(8)11)14(13)16(19)21/h1-5,8-11,13-14H,6H2/t8-,9-,10-,11+,13-,14+/m0/s1. The zero-order valence-electron chi connectivity index (χ0n) is 11.1. The van der Waals surface area contributed by atoms with E-state index in [0.717, 1.165) is 0 Å². The van der Waals surface area contributed by atoms with E-state index in [1.165, 1.54) is 17.5 Å². The van der Waals surface area contributed by atoms with Crippen molar-refractivity contribution in [2.45, 2.75) is 6.42 Å². The van der Waals surface area contributed by atoms with Crippen LogP contribution in [0, 0.1) is 35.5 Å². The van der Waals surface area contributed by atoms with Gasteiger partial charge < -0.3 is 0 Å². The van der Waals surface area contributed by atoms with Crippen LogP contribution < -0.4 is 4.90 Å². The largest absolute Gasteiger partial charge is 0.274 e. The van der Waals surface area contributed by atoms with Crippen LogP contribution in [0.25, 0.3) is 0 Å². The predicted octanol–water partition coefficient (Wildman–Crippen LogP) is 2.29. The lowest BCUT2D eigenvalue weighted by molar-refractivity contribution is -0.124. The quantitative estimate of drug-likeness (QED) is 0.590. The Morgan fingerprint density at radius 1 is 1.10 bits per heavy atom. The molecule has 5 heteroatoms. The molecule has 1 saturated heterocycles. The second-order valence-corrected chi connectivity index (χ2v) is 6.94. The van der Waals surface area contributed by atoms with Gasteiger partial charge in [0.05, 0.1) is 11.8 Å². The summed E-state index contributed by atoms with van der Waals surface area (Å²) in [4.78, 5) is 31.0. The van der Waals surface area contributed by atoms with Crippen LogP contribution in [0.15, 0.2) is 30.5 Å². The molecular weight excluding hydrogens is 288 g/mol. The average Bonchev–Trinajstić information content (AvgIpc) is 3.24. The lowest BCUT2D eigenvalue weighted by atomic mass is 9.63. The molecule has 6 rings (SSSR count). The zero-order chi connectivity index (χ0) is 14.3. The third-order valence-electron chi connectivity index (χ3n) is 5.60. The van der Waals surface area contributed by atoms with Crippen LogP contribution in [-0.4, -0.2) is 16.8 Å². The molecule has 2 heterocycles. The van der Waals surface area contributed by atoms with Crippen LogP contribution in [-0.2, 0) is 9.59 Å². The third-order valence-corrected chi connectivity index (χ3v) is 5.83. The summed E-state index contributed by atoms with van der Waals surface area (Å²) in [5.41, 5.74) is 0. The summed E-state index contributed by atoms with van der Waals surface area (Å²) in [6.45, 7) is 0. The zero-order valence-corrected chi connectivity index (χ0v) is 11.9. The minimum Gasteiger partial charge on any atom is -0.274 e.